The Bertz CT molecular complexity index is 1100. The number of alkyl halides is 2. The van der Waals surface area contributed by atoms with Crippen molar-refractivity contribution < 1.29 is 23.1 Å². The summed E-state index contributed by atoms with van der Waals surface area (Å²) in [5, 5.41) is 12.2. The third kappa shape index (κ3) is 3.83. The van der Waals surface area contributed by atoms with Crippen molar-refractivity contribution in [1.82, 2.24) is 14.9 Å². The standard InChI is InChI=1S/C19H16F3N3O3/c1-25-13-7-11(6-10-2-4-12(20)5-3-10)8-23-16(13)17(26)15(19(25)28)18(27)24-9-14(21)22/h2-5,7-8,14,26H,6,9H2,1H3,(H,24,27). The number of fused-ring (bicyclic) bond motifs is 1. The molecule has 1 aromatic carbocycles. The molecule has 0 radical (unpaired) electrons. The summed E-state index contributed by atoms with van der Waals surface area (Å²) in [7, 11) is 1.39. The molecule has 6 nitrogen and oxygen atoms in total. The third-order valence-electron chi connectivity index (χ3n) is 4.23. The van der Waals surface area contributed by atoms with Gasteiger partial charge < -0.3 is 15.0 Å². The Balaban J connectivity index is 2.02. The van der Waals surface area contributed by atoms with Crippen LogP contribution in [0, 0.1) is 5.82 Å². The monoisotopic (exact) mass is 391 g/mol. The van der Waals surface area contributed by atoms with Crippen LogP contribution in [0.1, 0.15) is 21.5 Å². The Kier molecular flexibility index (Phi) is 5.34. The minimum Gasteiger partial charge on any atom is -0.505 e. The second-order valence-electron chi connectivity index (χ2n) is 6.20. The van der Waals surface area contributed by atoms with E-state index in [2.05, 4.69) is 4.98 Å². The molecule has 0 aliphatic heterocycles. The van der Waals surface area contributed by atoms with Crippen LogP contribution in [0.25, 0.3) is 11.0 Å². The van der Waals surface area contributed by atoms with Crippen LogP contribution in [0.5, 0.6) is 5.75 Å². The molecule has 0 unspecified atom stereocenters. The number of rotatable bonds is 5. The highest BCUT2D eigenvalue weighted by Gasteiger charge is 2.22. The zero-order valence-corrected chi connectivity index (χ0v) is 14.7. The summed E-state index contributed by atoms with van der Waals surface area (Å²) in [6, 6.07) is 7.51. The Morgan fingerprint density at radius 2 is 1.93 bits per heavy atom. The fourth-order valence-corrected chi connectivity index (χ4v) is 2.83. The van der Waals surface area contributed by atoms with Crippen molar-refractivity contribution in [3.63, 3.8) is 0 Å². The summed E-state index contributed by atoms with van der Waals surface area (Å²) in [5.41, 5.74) is 0.301. The Hall–Kier alpha value is -3.36. The predicted molar refractivity (Wildman–Crippen MR) is 96.2 cm³/mol. The SMILES string of the molecule is Cn1c(=O)c(C(=O)NCC(F)F)c(O)c2ncc(Cc3ccc(F)cc3)cc21. The Morgan fingerprint density at radius 1 is 1.25 bits per heavy atom. The molecular formula is C19H16F3N3O3. The Labute approximate surface area is 157 Å². The van der Waals surface area contributed by atoms with Crippen molar-refractivity contribution in [1.29, 1.82) is 0 Å². The first-order chi connectivity index (χ1) is 13.3. The van der Waals surface area contributed by atoms with Gasteiger partial charge in [0.05, 0.1) is 12.1 Å². The summed E-state index contributed by atoms with van der Waals surface area (Å²) < 4.78 is 38.7. The highest BCUT2D eigenvalue weighted by atomic mass is 19.3. The van der Waals surface area contributed by atoms with Crippen molar-refractivity contribution in [2.45, 2.75) is 12.8 Å². The van der Waals surface area contributed by atoms with E-state index in [1.165, 1.54) is 25.4 Å². The molecule has 3 aromatic rings. The summed E-state index contributed by atoms with van der Waals surface area (Å²) in [4.78, 5) is 28.7. The van der Waals surface area contributed by atoms with Crippen LogP contribution < -0.4 is 10.9 Å². The lowest BCUT2D eigenvalue weighted by Crippen LogP contribution is -2.35. The van der Waals surface area contributed by atoms with Crippen molar-refractivity contribution in [2.75, 3.05) is 6.54 Å². The zero-order chi connectivity index (χ0) is 20.4. The number of carbonyl (C=O) groups is 1. The van der Waals surface area contributed by atoms with Gasteiger partial charge in [-0.05, 0) is 35.7 Å². The van der Waals surface area contributed by atoms with Gasteiger partial charge in [0, 0.05) is 13.2 Å². The summed E-state index contributed by atoms with van der Waals surface area (Å²) >= 11 is 0. The fraction of sp³-hybridized carbons (Fsp3) is 0.211. The quantitative estimate of drug-likeness (QED) is 0.700. The molecule has 9 heteroatoms. The minimum absolute atomic E-state index is 0.00727. The van der Waals surface area contributed by atoms with Gasteiger partial charge in [0.1, 0.15) is 16.9 Å². The van der Waals surface area contributed by atoms with Crippen molar-refractivity contribution in [2.24, 2.45) is 7.05 Å². The number of pyridine rings is 2. The van der Waals surface area contributed by atoms with E-state index < -0.39 is 35.7 Å². The number of hydrogen-bond donors (Lipinski definition) is 2. The number of aromatic nitrogens is 2. The van der Waals surface area contributed by atoms with Gasteiger partial charge in [0.15, 0.2) is 5.75 Å². The molecule has 0 fully saturated rings. The number of amides is 1. The fourth-order valence-electron chi connectivity index (χ4n) is 2.83. The van der Waals surface area contributed by atoms with Crippen LogP contribution in [0.4, 0.5) is 13.2 Å². The van der Waals surface area contributed by atoms with Crippen LogP contribution >= 0.6 is 0 Å². The van der Waals surface area contributed by atoms with Crippen LogP contribution in [-0.2, 0) is 13.5 Å². The number of nitrogens with zero attached hydrogens (tertiary/aromatic N) is 2. The van der Waals surface area contributed by atoms with E-state index in [9.17, 15) is 27.9 Å². The molecule has 1 amide bonds. The summed E-state index contributed by atoms with van der Waals surface area (Å²) in [6.07, 6.45) is -0.923. The molecular weight excluding hydrogens is 375 g/mol. The lowest BCUT2D eigenvalue weighted by molar-refractivity contribution is 0.0887. The van der Waals surface area contributed by atoms with E-state index in [0.29, 0.717) is 12.0 Å². The molecule has 0 bridgehead atoms. The summed E-state index contributed by atoms with van der Waals surface area (Å²) in [5.74, 6) is -2.12. The maximum atomic E-state index is 13.0. The first-order valence-electron chi connectivity index (χ1n) is 8.29. The number of hydrogen-bond acceptors (Lipinski definition) is 4. The molecule has 28 heavy (non-hydrogen) atoms. The molecule has 0 atom stereocenters. The zero-order valence-electron chi connectivity index (χ0n) is 14.7. The van der Waals surface area contributed by atoms with Gasteiger partial charge in [0.25, 0.3) is 17.9 Å². The van der Waals surface area contributed by atoms with Crippen molar-refractivity contribution in [3.8, 4) is 5.75 Å². The number of aromatic hydroxyl groups is 1. The van der Waals surface area contributed by atoms with Crippen LogP contribution in [0.2, 0.25) is 0 Å². The maximum absolute atomic E-state index is 13.0. The topological polar surface area (TPSA) is 84.2 Å². The number of halogens is 3. The lowest BCUT2D eigenvalue weighted by atomic mass is 10.1. The summed E-state index contributed by atoms with van der Waals surface area (Å²) in [6.45, 7) is -0.941. The molecule has 2 heterocycles. The third-order valence-corrected chi connectivity index (χ3v) is 4.23. The molecule has 3 rings (SSSR count). The highest BCUT2D eigenvalue weighted by Crippen LogP contribution is 2.25. The van der Waals surface area contributed by atoms with Gasteiger partial charge in [-0.15, -0.1) is 0 Å². The van der Waals surface area contributed by atoms with E-state index in [4.69, 9.17) is 0 Å². The first-order valence-corrected chi connectivity index (χ1v) is 8.29. The molecule has 146 valence electrons. The van der Waals surface area contributed by atoms with E-state index in [1.54, 1.807) is 18.2 Å². The number of carbonyl (C=O) groups excluding carboxylic acids is 1. The van der Waals surface area contributed by atoms with Crippen LogP contribution in [-0.4, -0.2) is 33.5 Å². The number of aryl methyl sites for hydroxylation is 1. The number of nitrogens with one attached hydrogen (secondary N) is 1. The molecule has 0 spiro atoms. The normalized spacial score (nSPS) is 11.2. The van der Waals surface area contributed by atoms with Gasteiger partial charge in [-0.1, -0.05) is 12.1 Å². The average molecular weight is 391 g/mol. The van der Waals surface area contributed by atoms with Crippen LogP contribution in [0.3, 0.4) is 0 Å². The second kappa shape index (κ2) is 7.71. The molecule has 0 aliphatic carbocycles. The van der Waals surface area contributed by atoms with Gasteiger partial charge in [-0.25, -0.2) is 13.2 Å². The van der Waals surface area contributed by atoms with Crippen LogP contribution in [0.15, 0.2) is 41.3 Å². The number of benzene rings is 1. The molecule has 0 saturated carbocycles. The first kappa shape index (κ1) is 19.4. The molecule has 2 N–H and O–H groups in total. The van der Waals surface area contributed by atoms with Gasteiger partial charge >= 0.3 is 0 Å². The lowest BCUT2D eigenvalue weighted by Gasteiger charge is -2.12. The smallest absolute Gasteiger partial charge is 0.267 e. The van der Waals surface area contributed by atoms with Gasteiger partial charge in [0.2, 0.25) is 0 Å². The average Bonchev–Trinajstić information content (AvgIpc) is 2.66. The predicted octanol–water partition coefficient (Wildman–Crippen LogP) is 2.36. The molecule has 0 saturated heterocycles. The molecule has 0 aliphatic rings. The second-order valence-corrected chi connectivity index (χ2v) is 6.20. The molecule has 2 aromatic heterocycles. The highest BCUT2D eigenvalue weighted by molar-refractivity contribution is 6.01. The van der Waals surface area contributed by atoms with E-state index in [-0.39, 0.29) is 16.9 Å². The minimum atomic E-state index is -2.79. The van der Waals surface area contributed by atoms with Gasteiger partial charge in [-0.3, -0.25) is 14.6 Å². The van der Waals surface area contributed by atoms with E-state index >= 15 is 0 Å². The Morgan fingerprint density at radius 3 is 2.57 bits per heavy atom. The maximum Gasteiger partial charge on any atom is 0.267 e. The van der Waals surface area contributed by atoms with Crippen molar-refractivity contribution in [3.05, 3.63) is 69.4 Å². The van der Waals surface area contributed by atoms with E-state index in [0.717, 1.165) is 10.1 Å². The largest absolute Gasteiger partial charge is 0.505 e. The van der Waals surface area contributed by atoms with E-state index in [1.807, 2.05) is 5.32 Å². The van der Waals surface area contributed by atoms with Gasteiger partial charge in [-0.2, -0.15) is 0 Å². The van der Waals surface area contributed by atoms with Crippen molar-refractivity contribution >= 4 is 16.9 Å².